The Morgan fingerprint density at radius 1 is 1.04 bits per heavy atom. The molecule has 0 unspecified atom stereocenters. The fraction of sp³-hybridized carbons (Fsp3) is 0.300. The van der Waals surface area contributed by atoms with Gasteiger partial charge in [0.1, 0.15) is 22.7 Å². The summed E-state index contributed by atoms with van der Waals surface area (Å²) in [4.78, 5) is 24.9. The molecule has 0 radical (unpaired) electrons. The molecule has 2 aromatic rings. The lowest BCUT2D eigenvalue weighted by atomic mass is 10.1. The highest BCUT2D eigenvalue weighted by molar-refractivity contribution is 9.10. The van der Waals surface area contributed by atoms with E-state index in [0.29, 0.717) is 21.5 Å². The van der Waals surface area contributed by atoms with Gasteiger partial charge in [-0.05, 0) is 61.8 Å². The number of carbonyl (C=O) groups excluding carboxylic acids is 2. The van der Waals surface area contributed by atoms with E-state index >= 15 is 0 Å². The average molecular weight is 437 g/mol. The Bertz CT molecular complexity index is 840. The number of halogens is 1. The van der Waals surface area contributed by atoms with E-state index in [-0.39, 0.29) is 11.3 Å². The maximum atomic E-state index is 12.8. The second kappa shape index (κ2) is 8.43. The topological polar surface area (TPSA) is 71.1 Å². The van der Waals surface area contributed by atoms with Crippen molar-refractivity contribution in [3.8, 4) is 17.2 Å². The Hall–Kier alpha value is -2.54. The molecule has 0 aliphatic rings. The third-order valence-electron chi connectivity index (χ3n) is 3.38. The van der Waals surface area contributed by atoms with E-state index in [1.54, 1.807) is 52.0 Å². The molecule has 6 nitrogen and oxygen atoms in total. The van der Waals surface area contributed by atoms with Gasteiger partial charge in [-0.15, -0.1) is 0 Å². The van der Waals surface area contributed by atoms with Crippen molar-refractivity contribution in [1.82, 2.24) is 0 Å². The maximum absolute atomic E-state index is 12.8. The Labute approximate surface area is 166 Å². The largest absolute Gasteiger partial charge is 0.514 e. The Morgan fingerprint density at radius 2 is 1.67 bits per heavy atom. The lowest BCUT2D eigenvalue weighted by Crippen LogP contribution is -2.26. The number of hydrogen-bond donors (Lipinski definition) is 0. The van der Waals surface area contributed by atoms with E-state index < -0.39 is 17.7 Å². The zero-order chi connectivity index (χ0) is 20.2. The summed E-state index contributed by atoms with van der Waals surface area (Å²) in [6.07, 6.45) is -0.923. The zero-order valence-electron chi connectivity index (χ0n) is 15.8. The first-order valence-corrected chi connectivity index (χ1v) is 8.97. The number of carbonyl (C=O) groups is 2. The molecular weight excluding hydrogens is 416 g/mol. The standard InChI is InChI=1S/C20H21BrO6/c1-12-16(18(22)25-13-9-7-6-8-10-13)15(11-14(21)17(12)24-5)26-19(23)27-20(2,3)4/h6-11H,1-5H3. The highest BCUT2D eigenvalue weighted by Crippen LogP contribution is 2.38. The second-order valence-electron chi connectivity index (χ2n) is 6.66. The number of hydrogen-bond acceptors (Lipinski definition) is 6. The van der Waals surface area contributed by atoms with Gasteiger partial charge in [-0.2, -0.15) is 0 Å². The van der Waals surface area contributed by atoms with E-state index in [1.807, 2.05) is 6.07 Å². The van der Waals surface area contributed by atoms with Crippen LogP contribution in [0.15, 0.2) is 40.9 Å². The van der Waals surface area contributed by atoms with Gasteiger partial charge in [0.15, 0.2) is 5.75 Å². The first kappa shape index (κ1) is 20.8. The molecule has 144 valence electrons. The molecule has 27 heavy (non-hydrogen) atoms. The third-order valence-corrected chi connectivity index (χ3v) is 3.97. The van der Waals surface area contributed by atoms with Crippen LogP contribution < -0.4 is 14.2 Å². The number of ether oxygens (including phenoxy) is 4. The van der Waals surface area contributed by atoms with Gasteiger partial charge in [0.05, 0.1) is 11.6 Å². The van der Waals surface area contributed by atoms with Crippen molar-refractivity contribution in [2.45, 2.75) is 33.3 Å². The molecule has 2 rings (SSSR count). The number of benzene rings is 2. The van der Waals surface area contributed by atoms with Crippen molar-refractivity contribution in [3.05, 3.63) is 52.0 Å². The van der Waals surface area contributed by atoms with Crippen LogP contribution in [-0.4, -0.2) is 24.8 Å². The molecule has 0 bridgehead atoms. The molecule has 0 atom stereocenters. The molecule has 7 heteroatoms. The van der Waals surface area contributed by atoms with Gasteiger partial charge in [0.25, 0.3) is 0 Å². The number of para-hydroxylation sites is 1. The summed E-state index contributed by atoms with van der Waals surface area (Å²) < 4.78 is 21.7. The van der Waals surface area contributed by atoms with Gasteiger partial charge < -0.3 is 18.9 Å². The van der Waals surface area contributed by atoms with E-state index in [2.05, 4.69) is 15.9 Å². The summed E-state index contributed by atoms with van der Waals surface area (Å²) >= 11 is 3.35. The van der Waals surface area contributed by atoms with Crippen LogP contribution >= 0.6 is 15.9 Å². The molecule has 0 saturated carbocycles. The Balaban J connectivity index is 2.43. The van der Waals surface area contributed by atoms with E-state index in [9.17, 15) is 9.59 Å². The molecule has 2 aromatic carbocycles. The predicted octanol–water partition coefficient (Wildman–Crippen LogP) is 5.30. The molecule has 0 aliphatic heterocycles. The normalized spacial score (nSPS) is 10.9. The van der Waals surface area contributed by atoms with Crippen LogP contribution in [0.3, 0.4) is 0 Å². The molecule has 0 N–H and O–H groups in total. The van der Waals surface area contributed by atoms with E-state index in [0.717, 1.165) is 0 Å². The zero-order valence-corrected chi connectivity index (χ0v) is 17.4. The minimum Gasteiger partial charge on any atom is -0.495 e. The van der Waals surface area contributed by atoms with Crippen LogP contribution in [0.4, 0.5) is 4.79 Å². The highest BCUT2D eigenvalue weighted by Gasteiger charge is 2.27. The van der Waals surface area contributed by atoms with Crippen molar-refractivity contribution in [3.63, 3.8) is 0 Å². The SMILES string of the molecule is COc1c(Br)cc(OC(=O)OC(C)(C)C)c(C(=O)Oc2ccccc2)c1C. The number of esters is 1. The maximum Gasteiger partial charge on any atom is 0.514 e. The summed E-state index contributed by atoms with van der Waals surface area (Å²) in [7, 11) is 1.48. The van der Waals surface area contributed by atoms with Crippen molar-refractivity contribution >= 4 is 28.1 Å². The molecule has 0 fully saturated rings. The lowest BCUT2D eigenvalue weighted by molar-refractivity contribution is 0.0204. The van der Waals surface area contributed by atoms with Crippen LogP contribution in [0.2, 0.25) is 0 Å². The number of rotatable bonds is 4. The lowest BCUT2D eigenvalue weighted by Gasteiger charge is -2.20. The van der Waals surface area contributed by atoms with Gasteiger partial charge in [0, 0.05) is 5.56 Å². The summed E-state index contributed by atoms with van der Waals surface area (Å²) in [5, 5.41) is 0. The molecule has 0 aliphatic carbocycles. The van der Waals surface area contributed by atoms with Crippen LogP contribution in [0.5, 0.6) is 17.2 Å². The molecular formula is C20H21BrO6. The summed E-state index contributed by atoms with van der Waals surface area (Å²) in [6, 6.07) is 10.1. The Kier molecular flexibility index (Phi) is 6.49. The first-order chi connectivity index (χ1) is 12.6. The van der Waals surface area contributed by atoms with Crippen LogP contribution in [0.25, 0.3) is 0 Å². The monoisotopic (exact) mass is 436 g/mol. The van der Waals surface area contributed by atoms with Gasteiger partial charge in [-0.3, -0.25) is 0 Å². The fourth-order valence-corrected chi connectivity index (χ4v) is 2.99. The van der Waals surface area contributed by atoms with Crippen molar-refractivity contribution < 1.29 is 28.5 Å². The average Bonchev–Trinajstić information content (AvgIpc) is 2.53. The molecule has 0 spiro atoms. The third kappa shape index (κ3) is 5.47. The van der Waals surface area contributed by atoms with Gasteiger partial charge in [-0.25, -0.2) is 9.59 Å². The predicted molar refractivity (Wildman–Crippen MR) is 104 cm³/mol. The molecule has 0 aromatic heterocycles. The molecule has 0 heterocycles. The van der Waals surface area contributed by atoms with Crippen molar-refractivity contribution in [2.24, 2.45) is 0 Å². The quantitative estimate of drug-likeness (QED) is 0.367. The minimum atomic E-state index is -0.923. The van der Waals surface area contributed by atoms with Crippen molar-refractivity contribution in [1.29, 1.82) is 0 Å². The van der Waals surface area contributed by atoms with E-state index in [1.165, 1.54) is 13.2 Å². The molecule has 0 amide bonds. The minimum absolute atomic E-state index is 0.00959. The second-order valence-corrected chi connectivity index (χ2v) is 7.51. The van der Waals surface area contributed by atoms with Gasteiger partial charge in [0.2, 0.25) is 0 Å². The van der Waals surface area contributed by atoms with Gasteiger partial charge in [-0.1, -0.05) is 18.2 Å². The fourth-order valence-electron chi connectivity index (χ4n) is 2.32. The van der Waals surface area contributed by atoms with Crippen molar-refractivity contribution in [2.75, 3.05) is 7.11 Å². The summed E-state index contributed by atoms with van der Waals surface area (Å²) in [5.41, 5.74) is -0.197. The van der Waals surface area contributed by atoms with Crippen LogP contribution in [-0.2, 0) is 4.74 Å². The highest BCUT2D eigenvalue weighted by atomic mass is 79.9. The summed E-state index contributed by atoms with van der Waals surface area (Å²) in [5.74, 6) is 0.136. The van der Waals surface area contributed by atoms with Crippen LogP contribution in [0, 0.1) is 6.92 Å². The van der Waals surface area contributed by atoms with Gasteiger partial charge >= 0.3 is 12.1 Å². The number of methoxy groups -OCH3 is 1. The van der Waals surface area contributed by atoms with Crippen LogP contribution in [0.1, 0.15) is 36.7 Å². The summed E-state index contributed by atoms with van der Waals surface area (Å²) in [6.45, 7) is 6.82. The van der Waals surface area contributed by atoms with E-state index in [4.69, 9.17) is 18.9 Å². The Morgan fingerprint density at radius 3 is 2.22 bits per heavy atom. The smallest absolute Gasteiger partial charge is 0.495 e. The first-order valence-electron chi connectivity index (χ1n) is 8.17. The molecule has 0 saturated heterocycles.